The molecule has 0 fully saturated rings. The zero-order valence-corrected chi connectivity index (χ0v) is 10.5. The topological polar surface area (TPSA) is 90.1 Å². The van der Waals surface area contributed by atoms with Gasteiger partial charge in [0.15, 0.2) is 0 Å². The van der Waals surface area contributed by atoms with Gasteiger partial charge in [0.05, 0.1) is 36.7 Å². The van der Waals surface area contributed by atoms with E-state index in [1.807, 2.05) is 5.38 Å². The molecule has 2 rings (SSSR count). The van der Waals surface area contributed by atoms with Crippen molar-refractivity contribution in [1.29, 1.82) is 0 Å². The lowest BCUT2D eigenvalue weighted by atomic mass is 10.2. The Morgan fingerprint density at radius 1 is 1.56 bits per heavy atom. The monoisotopic (exact) mass is 264 g/mol. The summed E-state index contributed by atoms with van der Waals surface area (Å²) in [6.45, 7) is 0.490. The van der Waals surface area contributed by atoms with Crippen LogP contribution in [0.4, 0.5) is 11.5 Å². The first-order chi connectivity index (χ1) is 8.70. The Labute approximate surface area is 108 Å². The van der Waals surface area contributed by atoms with E-state index >= 15 is 0 Å². The minimum atomic E-state index is -0.476. The van der Waals surface area contributed by atoms with Gasteiger partial charge in [-0.3, -0.25) is 0 Å². The van der Waals surface area contributed by atoms with Gasteiger partial charge < -0.3 is 15.8 Å². The Balaban J connectivity index is 2.18. The summed E-state index contributed by atoms with van der Waals surface area (Å²) >= 11 is 1.51. The number of hydrogen-bond acceptors (Lipinski definition) is 7. The highest BCUT2D eigenvalue weighted by Crippen LogP contribution is 2.17. The van der Waals surface area contributed by atoms with Gasteiger partial charge >= 0.3 is 5.97 Å². The fourth-order valence-corrected chi connectivity index (χ4v) is 1.94. The van der Waals surface area contributed by atoms with Gasteiger partial charge in [-0.25, -0.2) is 14.8 Å². The molecular formula is C11H12N4O2S. The van der Waals surface area contributed by atoms with Crippen molar-refractivity contribution in [2.45, 2.75) is 6.54 Å². The molecule has 0 aliphatic carbocycles. The molecule has 0 aliphatic heterocycles. The number of rotatable bonds is 4. The van der Waals surface area contributed by atoms with Crippen molar-refractivity contribution < 1.29 is 9.53 Å². The number of thiazole rings is 1. The van der Waals surface area contributed by atoms with Crippen LogP contribution in [0.5, 0.6) is 0 Å². The van der Waals surface area contributed by atoms with E-state index in [-0.39, 0.29) is 0 Å². The molecule has 0 saturated heterocycles. The maximum Gasteiger partial charge on any atom is 0.341 e. The minimum absolute atomic E-state index is 0.313. The highest BCUT2D eigenvalue weighted by atomic mass is 32.1. The van der Waals surface area contributed by atoms with Gasteiger partial charge in [0.2, 0.25) is 0 Å². The number of ether oxygens (including phenoxy) is 1. The third-order valence-corrected chi connectivity index (χ3v) is 2.87. The molecule has 0 atom stereocenters. The largest absolute Gasteiger partial charge is 0.465 e. The van der Waals surface area contributed by atoms with Gasteiger partial charge in [-0.15, -0.1) is 11.3 Å². The summed E-state index contributed by atoms with van der Waals surface area (Å²) in [5.41, 5.74) is 8.95. The minimum Gasteiger partial charge on any atom is -0.465 e. The van der Waals surface area contributed by atoms with Gasteiger partial charge in [-0.1, -0.05) is 0 Å². The molecule has 0 amide bonds. The summed E-state index contributed by atoms with van der Waals surface area (Å²) in [6.07, 6.45) is 1.48. The van der Waals surface area contributed by atoms with Gasteiger partial charge in [0, 0.05) is 5.38 Å². The summed E-state index contributed by atoms with van der Waals surface area (Å²) < 4.78 is 4.68. The molecule has 18 heavy (non-hydrogen) atoms. The summed E-state index contributed by atoms with van der Waals surface area (Å²) in [5.74, 6) is -0.0420. The van der Waals surface area contributed by atoms with Crippen LogP contribution >= 0.6 is 11.3 Å². The highest BCUT2D eigenvalue weighted by Gasteiger charge is 2.13. The lowest BCUT2D eigenvalue weighted by molar-refractivity contribution is 0.0601. The number of carbonyl (C=O) groups is 1. The Hall–Kier alpha value is -2.15. The third-order valence-electron chi connectivity index (χ3n) is 2.23. The zero-order valence-electron chi connectivity index (χ0n) is 9.71. The van der Waals surface area contributed by atoms with Crippen molar-refractivity contribution in [3.05, 3.63) is 34.4 Å². The van der Waals surface area contributed by atoms with Crippen molar-refractivity contribution in [1.82, 2.24) is 9.97 Å². The van der Waals surface area contributed by atoms with E-state index < -0.39 is 5.97 Å². The number of nitrogen functional groups attached to an aromatic ring is 1. The van der Waals surface area contributed by atoms with Crippen molar-refractivity contribution in [3.8, 4) is 0 Å². The van der Waals surface area contributed by atoms with Crippen molar-refractivity contribution in [3.63, 3.8) is 0 Å². The van der Waals surface area contributed by atoms with Crippen LogP contribution in [0, 0.1) is 0 Å². The number of methoxy groups -OCH3 is 1. The average Bonchev–Trinajstić information content (AvgIpc) is 2.89. The van der Waals surface area contributed by atoms with E-state index in [0.717, 1.165) is 5.69 Å². The van der Waals surface area contributed by atoms with Crippen LogP contribution < -0.4 is 11.1 Å². The van der Waals surface area contributed by atoms with Crippen LogP contribution in [-0.2, 0) is 11.3 Å². The summed E-state index contributed by atoms with van der Waals surface area (Å²) in [7, 11) is 1.32. The summed E-state index contributed by atoms with van der Waals surface area (Å²) in [6, 6.07) is 1.53. The van der Waals surface area contributed by atoms with Gasteiger partial charge in [-0.2, -0.15) is 0 Å². The standard InChI is InChI=1S/C11H12N4O2S/c1-17-11(16)9-2-7(12)3-13-10(9)14-4-8-5-18-6-15-8/h2-3,5-6H,4,12H2,1H3,(H,13,14). The number of nitrogens with two attached hydrogens (primary N) is 1. The average molecular weight is 264 g/mol. The van der Waals surface area contributed by atoms with E-state index in [1.54, 1.807) is 5.51 Å². The zero-order chi connectivity index (χ0) is 13.0. The molecule has 6 nitrogen and oxygen atoms in total. The fraction of sp³-hybridized carbons (Fsp3) is 0.182. The predicted molar refractivity (Wildman–Crippen MR) is 69.4 cm³/mol. The van der Waals surface area contributed by atoms with Crippen LogP contribution in [0.15, 0.2) is 23.2 Å². The maximum absolute atomic E-state index is 11.6. The molecule has 0 aliphatic rings. The van der Waals surface area contributed by atoms with Crippen LogP contribution in [0.3, 0.4) is 0 Å². The Bertz CT molecular complexity index is 542. The number of nitrogens with one attached hydrogen (secondary N) is 1. The third kappa shape index (κ3) is 2.75. The van der Waals surface area contributed by atoms with E-state index in [0.29, 0.717) is 23.6 Å². The second kappa shape index (κ2) is 5.46. The van der Waals surface area contributed by atoms with E-state index in [9.17, 15) is 4.79 Å². The number of aromatic nitrogens is 2. The van der Waals surface area contributed by atoms with Crippen LogP contribution in [-0.4, -0.2) is 23.0 Å². The normalized spacial score (nSPS) is 10.1. The molecule has 94 valence electrons. The maximum atomic E-state index is 11.6. The van der Waals surface area contributed by atoms with Crippen LogP contribution in [0.2, 0.25) is 0 Å². The first kappa shape index (κ1) is 12.3. The quantitative estimate of drug-likeness (QED) is 0.814. The second-order valence-electron chi connectivity index (χ2n) is 3.49. The number of carbonyl (C=O) groups excluding carboxylic acids is 1. The van der Waals surface area contributed by atoms with Gasteiger partial charge in [0.1, 0.15) is 11.4 Å². The molecule has 7 heteroatoms. The SMILES string of the molecule is COC(=O)c1cc(N)cnc1NCc1cscn1. The molecular weight excluding hydrogens is 252 g/mol. The molecule has 0 radical (unpaired) electrons. The number of hydrogen-bond donors (Lipinski definition) is 2. The van der Waals surface area contributed by atoms with Crippen LogP contribution in [0.25, 0.3) is 0 Å². The first-order valence-electron chi connectivity index (χ1n) is 5.15. The Kier molecular flexibility index (Phi) is 3.73. The Morgan fingerprint density at radius 3 is 3.06 bits per heavy atom. The fourth-order valence-electron chi connectivity index (χ4n) is 1.39. The molecule has 0 saturated carbocycles. The lowest BCUT2D eigenvalue weighted by Crippen LogP contribution is -2.10. The number of nitrogens with zero attached hydrogens (tertiary/aromatic N) is 2. The molecule has 0 bridgehead atoms. The van der Waals surface area contributed by atoms with Crippen LogP contribution in [0.1, 0.15) is 16.1 Å². The molecule has 3 N–H and O–H groups in total. The molecule has 0 unspecified atom stereocenters. The van der Waals surface area contributed by atoms with Crippen molar-refractivity contribution in [2.24, 2.45) is 0 Å². The number of anilines is 2. The second-order valence-corrected chi connectivity index (χ2v) is 4.21. The first-order valence-corrected chi connectivity index (χ1v) is 6.09. The summed E-state index contributed by atoms with van der Waals surface area (Å²) in [4.78, 5) is 19.8. The molecule has 0 aromatic carbocycles. The lowest BCUT2D eigenvalue weighted by Gasteiger charge is -2.09. The smallest absolute Gasteiger partial charge is 0.341 e. The predicted octanol–water partition coefficient (Wildman–Crippen LogP) is 1.52. The number of pyridine rings is 1. The highest BCUT2D eigenvalue weighted by molar-refractivity contribution is 7.07. The number of esters is 1. The summed E-state index contributed by atoms with van der Waals surface area (Å²) in [5, 5.41) is 4.95. The van der Waals surface area contributed by atoms with E-state index in [1.165, 1.54) is 30.7 Å². The van der Waals surface area contributed by atoms with Gasteiger partial charge in [-0.05, 0) is 6.07 Å². The molecule has 2 heterocycles. The van der Waals surface area contributed by atoms with E-state index in [4.69, 9.17) is 5.73 Å². The van der Waals surface area contributed by atoms with Crippen molar-refractivity contribution in [2.75, 3.05) is 18.2 Å². The Morgan fingerprint density at radius 2 is 2.39 bits per heavy atom. The van der Waals surface area contributed by atoms with Crippen molar-refractivity contribution >= 4 is 28.8 Å². The molecule has 2 aromatic heterocycles. The van der Waals surface area contributed by atoms with E-state index in [2.05, 4.69) is 20.0 Å². The molecule has 0 spiro atoms. The molecule has 2 aromatic rings. The van der Waals surface area contributed by atoms with Gasteiger partial charge in [0.25, 0.3) is 0 Å².